The molecule has 0 spiro atoms. The largest absolute Gasteiger partial charge is 0.504 e. The average molecular weight is 374 g/mol. The number of methoxy groups -OCH3 is 1. The zero-order valence-corrected chi connectivity index (χ0v) is 15.9. The topological polar surface area (TPSA) is 49.8 Å². The van der Waals surface area contributed by atoms with Gasteiger partial charge in [-0.15, -0.1) is 0 Å². The molecule has 2 aromatic rings. The number of hydrogen-bond acceptors (Lipinski definition) is 4. The fourth-order valence-electron chi connectivity index (χ4n) is 3.64. The van der Waals surface area contributed by atoms with Crippen LogP contribution in [0.25, 0.3) is 0 Å². The maximum atomic E-state index is 13.0. The number of phenols is 1. The van der Waals surface area contributed by atoms with Gasteiger partial charge in [0.1, 0.15) is 0 Å². The Morgan fingerprint density at radius 2 is 2.15 bits per heavy atom. The van der Waals surface area contributed by atoms with E-state index in [0.717, 1.165) is 36.1 Å². The second-order valence-corrected chi connectivity index (χ2v) is 7.30. The first-order valence-corrected chi connectivity index (χ1v) is 9.25. The number of likely N-dealkylation sites (tertiary alicyclic amines) is 1. The number of rotatable bonds is 5. The summed E-state index contributed by atoms with van der Waals surface area (Å²) in [5, 5.41) is 11.0. The Labute approximate surface area is 159 Å². The summed E-state index contributed by atoms with van der Waals surface area (Å²) in [5.74, 6) is 0.802. The summed E-state index contributed by atoms with van der Waals surface area (Å²) < 4.78 is 5.18. The number of aromatic hydroxyl groups is 1. The highest BCUT2D eigenvalue weighted by Gasteiger charge is 2.28. The maximum absolute atomic E-state index is 13.0. The molecule has 1 heterocycles. The third-order valence-corrected chi connectivity index (χ3v) is 5.26. The van der Waals surface area contributed by atoms with Crippen LogP contribution in [0.5, 0.6) is 11.5 Å². The lowest BCUT2D eigenvalue weighted by Gasteiger charge is -2.32. The number of carbonyl (C=O) groups excluding carboxylic acids is 1. The van der Waals surface area contributed by atoms with Crippen molar-refractivity contribution >= 4 is 17.4 Å². The van der Waals surface area contributed by atoms with Crippen LogP contribution in [0.15, 0.2) is 36.4 Å². The van der Waals surface area contributed by atoms with Gasteiger partial charge < -0.3 is 9.84 Å². The van der Waals surface area contributed by atoms with Crippen LogP contribution >= 0.6 is 11.6 Å². The van der Waals surface area contributed by atoms with Crippen LogP contribution in [0.4, 0.5) is 0 Å². The SMILES string of the molecule is COc1cccc(CN2CCC[C@@H](C(=O)c3ccc(Cl)cc3C)C2)c1O. The van der Waals surface area contributed by atoms with Gasteiger partial charge in [-0.25, -0.2) is 0 Å². The first kappa shape index (κ1) is 18.7. The summed E-state index contributed by atoms with van der Waals surface area (Å²) in [6.07, 6.45) is 1.86. The van der Waals surface area contributed by atoms with Crippen molar-refractivity contribution in [2.24, 2.45) is 5.92 Å². The Kier molecular flexibility index (Phi) is 5.84. The molecule has 1 atom stereocenters. The number of benzene rings is 2. The highest BCUT2D eigenvalue weighted by atomic mass is 35.5. The predicted molar refractivity (Wildman–Crippen MR) is 103 cm³/mol. The molecule has 1 N–H and O–H groups in total. The summed E-state index contributed by atoms with van der Waals surface area (Å²) in [6.45, 7) is 4.14. The Bertz CT molecular complexity index is 806. The molecule has 1 aliphatic heterocycles. The van der Waals surface area contributed by atoms with Gasteiger partial charge in [-0.3, -0.25) is 9.69 Å². The number of nitrogens with zero attached hydrogens (tertiary/aromatic N) is 1. The number of hydrogen-bond donors (Lipinski definition) is 1. The summed E-state index contributed by atoms with van der Waals surface area (Å²) in [4.78, 5) is 15.2. The molecule has 0 bridgehead atoms. The Balaban J connectivity index is 1.72. The van der Waals surface area contributed by atoms with Crippen LogP contribution in [-0.2, 0) is 6.54 Å². The number of piperidine rings is 1. The first-order valence-electron chi connectivity index (χ1n) is 8.87. The van der Waals surface area contributed by atoms with E-state index in [1.807, 2.05) is 31.2 Å². The number of carbonyl (C=O) groups is 1. The number of ether oxygens (including phenoxy) is 1. The van der Waals surface area contributed by atoms with Crippen molar-refractivity contribution in [1.29, 1.82) is 0 Å². The second-order valence-electron chi connectivity index (χ2n) is 6.87. The number of Topliss-reactive ketones (excluding diaryl/α,β-unsaturated/α-hetero) is 1. The predicted octanol–water partition coefficient (Wildman–Crippen LogP) is 4.46. The molecule has 0 amide bonds. The van der Waals surface area contributed by atoms with Crippen LogP contribution in [0.1, 0.15) is 34.3 Å². The van der Waals surface area contributed by atoms with E-state index in [4.69, 9.17) is 16.3 Å². The number of phenolic OH excluding ortho intramolecular Hbond substituents is 1. The minimum atomic E-state index is -0.0311. The van der Waals surface area contributed by atoms with Crippen molar-refractivity contribution in [2.45, 2.75) is 26.3 Å². The Morgan fingerprint density at radius 1 is 1.35 bits per heavy atom. The van der Waals surface area contributed by atoms with E-state index >= 15 is 0 Å². The zero-order valence-electron chi connectivity index (χ0n) is 15.2. The lowest BCUT2D eigenvalue weighted by Crippen LogP contribution is -2.38. The smallest absolute Gasteiger partial charge is 0.167 e. The second kappa shape index (κ2) is 8.11. The quantitative estimate of drug-likeness (QED) is 0.786. The maximum Gasteiger partial charge on any atom is 0.167 e. The van der Waals surface area contributed by atoms with Crippen molar-refractivity contribution in [2.75, 3.05) is 20.2 Å². The van der Waals surface area contributed by atoms with Crippen molar-refractivity contribution < 1.29 is 14.6 Å². The highest BCUT2D eigenvalue weighted by molar-refractivity contribution is 6.30. The van der Waals surface area contributed by atoms with E-state index < -0.39 is 0 Å². The van der Waals surface area contributed by atoms with Gasteiger partial charge in [-0.2, -0.15) is 0 Å². The zero-order chi connectivity index (χ0) is 18.7. The van der Waals surface area contributed by atoms with E-state index in [0.29, 0.717) is 23.9 Å². The molecular formula is C21H24ClNO3. The summed E-state index contributed by atoms with van der Waals surface area (Å²) in [5.41, 5.74) is 2.50. The Morgan fingerprint density at radius 3 is 2.88 bits per heavy atom. The molecule has 3 rings (SSSR count). The molecule has 0 saturated carbocycles. The standard InChI is InChI=1S/C21H24ClNO3/c1-14-11-17(22)8-9-18(14)20(24)15-6-4-10-23(12-15)13-16-5-3-7-19(26-2)21(16)25/h3,5,7-9,11,15,25H,4,6,10,12-13H2,1-2H3/t15-/m1/s1. The number of ketones is 1. The molecule has 0 aromatic heterocycles. The van der Waals surface area contributed by atoms with E-state index in [9.17, 15) is 9.90 Å². The van der Waals surface area contributed by atoms with Gasteiger partial charge in [-0.05, 0) is 56.1 Å². The molecule has 2 aromatic carbocycles. The van der Waals surface area contributed by atoms with Crippen LogP contribution < -0.4 is 4.74 Å². The van der Waals surface area contributed by atoms with Gasteiger partial charge >= 0.3 is 0 Å². The molecule has 0 unspecified atom stereocenters. The molecule has 0 aliphatic carbocycles. The van der Waals surface area contributed by atoms with Gasteiger partial charge in [0.15, 0.2) is 17.3 Å². The lowest BCUT2D eigenvalue weighted by atomic mass is 9.88. The molecule has 4 nitrogen and oxygen atoms in total. The number of para-hydroxylation sites is 1. The van der Waals surface area contributed by atoms with Crippen molar-refractivity contribution in [3.05, 3.63) is 58.1 Å². The lowest BCUT2D eigenvalue weighted by molar-refractivity contribution is 0.0810. The fraction of sp³-hybridized carbons (Fsp3) is 0.381. The van der Waals surface area contributed by atoms with Crippen LogP contribution in [0.3, 0.4) is 0 Å². The molecular weight excluding hydrogens is 350 g/mol. The normalized spacial score (nSPS) is 17.9. The molecule has 0 radical (unpaired) electrons. The van der Waals surface area contributed by atoms with Crippen LogP contribution in [-0.4, -0.2) is 36.0 Å². The van der Waals surface area contributed by atoms with Gasteiger partial charge in [0.25, 0.3) is 0 Å². The minimum absolute atomic E-state index is 0.0311. The molecule has 26 heavy (non-hydrogen) atoms. The Hall–Kier alpha value is -2.04. The molecule has 1 saturated heterocycles. The summed E-state index contributed by atoms with van der Waals surface area (Å²) in [6, 6.07) is 10.9. The van der Waals surface area contributed by atoms with Gasteiger partial charge in [0, 0.05) is 35.2 Å². The number of halogens is 1. The average Bonchev–Trinajstić information content (AvgIpc) is 2.63. The van der Waals surface area contributed by atoms with E-state index in [-0.39, 0.29) is 17.5 Å². The fourth-order valence-corrected chi connectivity index (χ4v) is 3.86. The van der Waals surface area contributed by atoms with Crippen molar-refractivity contribution in [3.8, 4) is 11.5 Å². The van der Waals surface area contributed by atoms with Gasteiger partial charge in [0.05, 0.1) is 7.11 Å². The summed E-state index contributed by atoms with van der Waals surface area (Å²) in [7, 11) is 1.54. The first-order chi connectivity index (χ1) is 12.5. The molecule has 5 heteroatoms. The highest BCUT2D eigenvalue weighted by Crippen LogP contribution is 2.32. The van der Waals surface area contributed by atoms with Gasteiger partial charge in [-0.1, -0.05) is 23.7 Å². The van der Waals surface area contributed by atoms with Crippen LogP contribution in [0, 0.1) is 12.8 Å². The molecule has 138 valence electrons. The van der Waals surface area contributed by atoms with Crippen molar-refractivity contribution in [3.63, 3.8) is 0 Å². The third-order valence-electron chi connectivity index (χ3n) is 5.03. The van der Waals surface area contributed by atoms with Gasteiger partial charge in [0.2, 0.25) is 0 Å². The molecule has 1 fully saturated rings. The monoisotopic (exact) mass is 373 g/mol. The van der Waals surface area contributed by atoms with E-state index in [1.165, 1.54) is 0 Å². The molecule has 1 aliphatic rings. The van der Waals surface area contributed by atoms with E-state index in [2.05, 4.69) is 4.90 Å². The van der Waals surface area contributed by atoms with Crippen LogP contribution in [0.2, 0.25) is 5.02 Å². The minimum Gasteiger partial charge on any atom is -0.504 e. The number of aryl methyl sites for hydroxylation is 1. The van der Waals surface area contributed by atoms with E-state index in [1.54, 1.807) is 19.2 Å². The third kappa shape index (κ3) is 4.02. The van der Waals surface area contributed by atoms with Crippen molar-refractivity contribution in [1.82, 2.24) is 4.90 Å². The summed E-state index contributed by atoms with van der Waals surface area (Å²) >= 11 is 6.01.